The van der Waals surface area contributed by atoms with E-state index in [0.29, 0.717) is 0 Å². The van der Waals surface area contributed by atoms with Crippen molar-refractivity contribution in [2.75, 3.05) is 4.90 Å². The van der Waals surface area contributed by atoms with Crippen molar-refractivity contribution in [3.63, 3.8) is 0 Å². The molecule has 0 aliphatic rings. The number of fused-ring (bicyclic) bond motifs is 8. The summed E-state index contributed by atoms with van der Waals surface area (Å²) in [6, 6.07) is 67.4. The Bertz CT molecular complexity index is 2850. The normalized spacial score (nSPS) is 11.6. The molecule has 0 N–H and O–H groups in total. The van der Waals surface area contributed by atoms with Gasteiger partial charge in [-0.2, -0.15) is 0 Å². The largest absolute Gasteiger partial charge is 0.456 e. The fourth-order valence-electron chi connectivity index (χ4n) is 7.77. The van der Waals surface area contributed by atoms with Crippen LogP contribution in [0, 0.1) is 0 Å². The van der Waals surface area contributed by atoms with Crippen LogP contribution in [0.15, 0.2) is 192 Å². The quantitative estimate of drug-likeness (QED) is 0.175. The van der Waals surface area contributed by atoms with Crippen molar-refractivity contribution >= 4 is 71.3 Å². The van der Waals surface area contributed by atoms with E-state index >= 15 is 0 Å². The molecular formula is C48H31NO. The third kappa shape index (κ3) is 4.50. The maximum atomic E-state index is 6.78. The molecule has 0 aliphatic carbocycles. The summed E-state index contributed by atoms with van der Waals surface area (Å²) in [6.45, 7) is 0. The van der Waals surface area contributed by atoms with Gasteiger partial charge in [-0.25, -0.2) is 0 Å². The minimum absolute atomic E-state index is 0.865. The van der Waals surface area contributed by atoms with Crippen LogP contribution in [0.1, 0.15) is 0 Å². The van der Waals surface area contributed by atoms with Crippen molar-refractivity contribution in [3.05, 3.63) is 188 Å². The number of hydrogen-bond acceptors (Lipinski definition) is 2. The standard InChI is InChI=1S/C48H31NO/c1-3-13-32(14-4-1)33-25-28-36(29-26-33)49(43-22-11-21-38-37-18-8-7-17-35(37)27-30-40(38)43)44-23-12-24-45-48(44)47-41-20-10-9-19-39(41)42(31-46(47)50-45)34-15-5-2-6-16-34/h1-31H. The first kappa shape index (κ1) is 28.4. The number of hydrogen-bond donors (Lipinski definition) is 0. The monoisotopic (exact) mass is 637 g/mol. The Balaban J connectivity index is 1.28. The summed E-state index contributed by atoms with van der Waals surface area (Å²) >= 11 is 0. The number of anilines is 3. The van der Waals surface area contributed by atoms with Gasteiger partial charge in [0.15, 0.2) is 0 Å². The van der Waals surface area contributed by atoms with Gasteiger partial charge in [-0.05, 0) is 85.6 Å². The van der Waals surface area contributed by atoms with Crippen molar-refractivity contribution in [3.8, 4) is 22.3 Å². The molecule has 234 valence electrons. The highest BCUT2D eigenvalue weighted by Crippen LogP contribution is 2.48. The highest BCUT2D eigenvalue weighted by atomic mass is 16.3. The highest BCUT2D eigenvalue weighted by molar-refractivity contribution is 6.26. The third-order valence-electron chi connectivity index (χ3n) is 10.0. The Morgan fingerprint density at radius 3 is 1.76 bits per heavy atom. The second-order valence-corrected chi connectivity index (χ2v) is 12.9. The predicted octanol–water partition coefficient (Wildman–Crippen LogP) is 13.8. The van der Waals surface area contributed by atoms with E-state index in [0.717, 1.165) is 39.0 Å². The maximum absolute atomic E-state index is 6.78. The first-order valence-electron chi connectivity index (χ1n) is 17.1. The van der Waals surface area contributed by atoms with Gasteiger partial charge >= 0.3 is 0 Å². The van der Waals surface area contributed by atoms with Crippen LogP contribution in [0.4, 0.5) is 17.1 Å². The summed E-state index contributed by atoms with van der Waals surface area (Å²) in [5.41, 5.74) is 9.75. The van der Waals surface area contributed by atoms with Gasteiger partial charge < -0.3 is 9.32 Å². The van der Waals surface area contributed by atoms with E-state index in [1.54, 1.807) is 0 Å². The lowest BCUT2D eigenvalue weighted by Crippen LogP contribution is -2.11. The van der Waals surface area contributed by atoms with E-state index in [1.807, 2.05) is 0 Å². The predicted molar refractivity (Wildman–Crippen MR) is 212 cm³/mol. The van der Waals surface area contributed by atoms with Crippen LogP contribution in [0.5, 0.6) is 0 Å². The summed E-state index contributed by atoms with van der Waals surface area (Å²) in [4.78, 5) is 2.42. The minimum Gasteiger partial charge on any atom is -0.456 e. The van der Waals surface area contributed by atoms with E-state index in [1.165, 1.54) is 54.6 Å². The van der Waals surface area contributed by atoms with Crippen LogP contribution in [-0.4, -0.2) is 0 Å². The Morgan fingerprint density at radius 2 is 0.960 bits per heavy atom. The van der Waals surface area contributed by atoms with Gasteiger partial charge in [0, 0.05) is 16.5 Å². The molecule has 10 aromatic rings. The summed E-state index contributed by atoms with van der Waals surface area (Å²) in [5, 5.41) is 9.52. The summed E-state index contributed by atoms with van der Waals surface area (Å²) in [5.74, 6) is 0. The van der Waals surface area contributed by atoms with Crippen LogP contribution in [0.25, 0.3) is 76.5 Å². The minimum atomic E-state index is 0.865. The third-order valence-corrected chi connectivity index (χ3v) is 10.0. The molecule has 1 heterocycles. The first-order chi connectivity index (χ1) is 24.8. The van der Waals surface area contributed by atoms with Crippen molar-refractivity contribution in [1.82, 2.24) is 0 Å². The molecule has 2 nitrogen and oxygen atoms in total. The fraction of sp³-hybridized carbons (Fsp3) is 0. The lowest BCUT2D eigenvalue weighted by atomic mass is 9.94. The van der Waals surface area contributed by atoms with E-state index < -0.39 is 0 Å². The SMILES string of the molecule is c1ccc(-c2ccc(N(c3cccc4c3ccc3ccccc34)c3cccc4oc5cc(-c6ccccc6)c6ccccc6c5c34)cc2)cc1. The van der Waals surface area contributed by atoms with E-state index in [9.17, 15) is 0 Å². The average Bonchev–Trinajstić information content (AvgIpc) is 3.58. The lowest BCUT2D eigenvalue weighted by Gasteiger charge is -2.28. The maximum Gasteiger partial charge on any atom is 0.137 e. The Morgan fingerprint density at radius 1 is 0.340 bits per heavy atom. The molecule has 0 saturated carbocycles. The second-order valence-electron chi connectivity index (χ2n) is 12.9. The number of benzene rings is 9. The van der Waals surface area contributed by atoms with E-state index in [-0.39, 0.29) is 0 Å². The zero-order chi connectivity index (χ0) is 33.0. The van der Waals surface area contributed by atoms with Gasteiger partial charge in [0.2, 0.25) is 0 Å². The molecule has 0 bridgehead atoms. The van der Waals surface area contributed by atoms with Crippen LogP contribution < -0.4 is 4.90 Å². The molecule has 0 atom stereocenters. The molecule has 10 rings (SSSR count). The van der Waals surface area contributed by atoms with Gasteiger partial charge in [-0.1, -0.05) is 152 Å². The molecule has 9 aromatic carbocycles. The number of rotatable bonds is 5. The van der Waals surface area contributed by atoms with Crippen LogP contribution in [-0.2, 0) is 0 Å². The van der Waals surface area contributed by atoms with Gasteiger partial charge in [0.05, 0.1) is 16.8 Å². The van der Waals surface area contributed by atoms with Gasteiger partial charge in [-0.3, -0.25) is 0 Å². The number of furan rings is 1. The molecule has 0 spiro atoms. The molecule has 0 radical (unpaired) electrons. The second kappa shape index (κ2) is 11.5. The number of nitrogens with zero attached hydrogens (tertiary/aromatic N) is 1. The first-order valence-corrected chi connectivity index (χ1v) is 17.1. The topological polar surface area (TPSA) is 16.4 Å². The summed E-state index contributed by atoms with van der Waals surface area (Å²) < 4.78 is 6.78. The Hall–Kier alpha value is -6.64. The Labute approximate surface area is 290 Å². The van der Waals surface area contributed by atoms with Crippen LogP contribution in [0.3, 0.4) is 0 Å². The van der Waals surface area contributed by atoms with Crippen LogP contribution >= 0.6 is 0 Å². The molecule has 0 saturated heterocycles. The average molecular weight is 638 g/mol. The molecular weight excluding hydrogens is 607 g/mol. The van der Waals surface area contributed by atoms with E-state index in [4.69, 9.17) is 4.42 Å². The van der Waals surface area contributed by atoms with Gasteiger partial charge in [-0.15, -0.1) is 0 Å². The van der Waals surface area contributed by atoms with Gasteiger partial charge in [0.1, 0.15) is 11.2 Å². The molecule has 0 fully saturated rings. The molecule has 0 amide bonds. The summed E-state index contributed by atoms with van der Waals surface area (Å²) in [6.07, 6.45) is 0. The lowest BCUT2D eigenvalue weighted by molar-refractivity contribution is 0.669. The van der Waals surface area contributed by atoms with Crippen molar-refractivity contribution in [1.29, 1.82) is 0 Å². The Kier molecular flexibility index (Phi) is 6.53. The molecule has 1 aromatic heterocycles. The van der Waals surface area contributed by atoms with E-state index in [2.05, 4.69) is 193 Å². The van der Waals surface area contributed by atoms with Gasteiger partial charge in [0.25, 0.3) is 0 Å². The van der Waals surface area contributed by atoms with Crippen LogP contribution in [0.2, 0.25) is 0 Å². The molecule has 2 heteroatoms. The zero-order valence-electron chi connectivity index (χ0n) is 27.3. The molecule has 0 aliphatic heterocycles. The van der Waals surface area contributed by atoms with Crippen molar-refractivity contribution in [2.45, 2.75) is 0 Å². The molecule has 50 heavy (non-hydrogen) atoms. The van der Waals surface area contributed by atoms with Crippen molar-refractivity contribution < 1.29 is 4.42 Å². The smallest absolute Gasteiger partial charge is 0.137 e. The fourth-order valence-corrected chi connectivity index (χ4v) is 7.77. The molecule has 0 unspecified atom stereocenters. The zero-order valence-corrected chi connectivity index (χ0v) is 27.3. The summed E-state index contributed by atoms with van der Waals surface area (Å²) in [7, 11) is 0. The van der Waals surface area contributed by atoms with Crippen molar-refractivity contribution in [2.24, 2.45) is 0 Å². The highest BCUT2D eigenvalue weighted by Gasteiger charge is 2.23.